The third kappa shape index (κ3) is 3.22. The summed E-state index contributed by atoms with van der Waals surface area (Å²) in [6.45, 7) is 2.59. The average Bonchev–Trinajstić information content (AvgIpc) is 2.73. The Morgan fingerprint density at radius 2 is 1.90 bits per heavy atom. The van der Waals surface area contributed by atoms with Gasteiger partial charge in [0.25, 0.3) is 0 Å². The first kappa shape index (κ1) is 18.4. The largest absolute Gasteiger partial charge is 0.310 e. The molecule has 7 rings (SSSR count). The fourth-order valence-electron chi connectivity index (χ4n) is 7.03. The van der Waals surface area contributed by atoms with Gasteiger partial charge in [-0.1, -0.05) is 6.07 Å². The van der Waals surface area contributed by atoms with E-state index in [-0.39, 0.29) is 11.3 Å². The highest BCUT2D eigenvalue weighted by molar-refractivity contribution is 5.95. The van der Waals surface area contributed by atoms with Crippen molar-refractivity contribution in [2.24, 2.45) is 23.2 Å². The third-order valence-corrected chi connectivity index (χ3v) is 7.97. The van der Waals surface area contributed by atoms with Crippen molar-refractivity contribution in [2.45, 2.75) is 58.0 Å². The number of rotatable bonds is 4. The summed E-state index contributed by atoms with van der Waals surface area (Å²) in [6.07, 6.45) is 13.5. The van der Waals surface area contributed by atoms with E-state index < -0.39 is 0 Å². The van der Waals surface area contributed by atoms with E-state index in [2.05, 4.69) is 31.2 Å². The topological polar surface area (TPSA) is 71.0 Å². The summed E-state index contributed by atoms with van der Waals surface area (Å²) in [6, 6.07) is 4.09. The molecule has 4 bridgehead atoms. The molecule has 2 aromatic heterocycles. The number of aromatic nitrogens is 3. The Morgan fingerprint density at radius 1 is 1.13 bits per heavy atom. The Bertz CT molecular complexity index is 924. The minimum Gasteiger partial charge on any atom is -0.310 e. The summed E-state index contributed by atoms with van der Waals surface area (Å²) in [7, 11) is 0. The molecule has 1 amide bonds. The fourth-order valence-corrected chi connectivity index (χ4v) is 7.03. The van der Waals surface area contributed by atoms with Crippen LogP contribution in [0.1, 0.15) is 55.3 Å². The smallest absolute Gasteiger partial charge is 0.231 e. The van der Waals surface area contributed by atoms with Crippen LogP contribution < -0.4 is 5.32 Å². The van der Waals surface area contributed by atoms with Crippen LogP contribution in [-0.4, -0.2) is 32.3 Å². The molecule has 0 atom stereocenters. The van der Waals surface area contributed by atoms with Crippen LogP contribution in [-0.2, 0) is 24.3 Å². The summed E-state index contributed by atoms with van der Waals surface area (Å²) in [5.74, 6) is 3.27. The molecule has 156 valence electrons. The Hall–Kier alpha value is -2.34. The molecule has 0 aromatic carbocycles. The molecule has 6 nitrogen and oxygen atoms in total. The normalized spacial score (nSPS) is 32.1. The van der Waals surface area contributed by atoms with Gasteiger partial charge < -0.3 is 5.32 Å². The van der Waals surface area contributed by atoms with Gasteiger partial charge >= 0.3 is 0 Å². The average molecular weight is 404 g/mol. The van der Waals surface area contributed by atoms with Crippen molar-refractivity contribution < 1.29 is 4.79 Å². The minimum absolute atomic E-state index is 0.145. The van der Waals surface area contributed by atoms with Gasteiger partial charge in [-0.25, -0.2) is 9.97 Å². The standard InChI is InChI=1S/C24H29N5O/c30-23(24-9-17-6-18(10-24)8-19(7-17)11-24)28-22-20-3-5-29(14-21(20)26-15-27-22)13-16-2-1-4-25-12-16/h1-2,4,12,15,17-19H,3,5-11,13-14H2,(H,26,27,28,30). The van der Waals surface area contributed by atoms with E-state index in [0.29, 0.717) is 0 Å². The molecule has 6 heteroatoms. The molecule has 3 heterocycles. The van der Waals surface area contributed by atoms with Crippen molar-refractivity contribution in [3.05, 3.63) is 47.7 Å². The van der Waals surface area contributed by atoms with Gasteiger partial charge in [-0.2, -0.15) is 0 Å². The lowest BCUT2D eigenvalue weighted by atomic mass is 9.49. The van der Waals surface area contributed by atoms with E-state index in [1.807, 2.05) is 12.3 Å². The number of fused-ring (bicyclic) bond motifs is 1. The number of amides is 1. The monoisotopic (exact) mass is 403 g/mol. The number of anilines is 1. The Balaban J connectivity index is 1.19. The Labute approximate surface area is 177 Å². The summed E-state index contributed by atoms with van der Waals surface area (Å²) in [5, 5.41) is 3.27. The molecule has 1 N–H and O–H groups in total. The van der Waals surface area contributed by atoms with Crippen molar-refractivity contribution in [1.29, 1.82) is 0 Å². The number of nitrogens with one attached hydrogen (secondary N) is 1. The summed E-state index contributed by atoms with van der Waals surface area (Å²) in [4.78, 5) is 29.1. The molecule has 4 fully saturated rings. The molecule has 30 heavy (non-hydrogen) atoms. The van der Waals surface area contributed by atoms with Crippen LogP contribution in [0, 0.1) is 23.2 Å². The first-order valence-electron chi connectivity index (χ1n) is 11.4. The predicted octanol–water partition coefficient (Wildman–Crippen LogP) is 3.58. The van der Waals surface area contributed by atoms with Crippen molar-refractivity contribution in [3.63, 3.8) is 0 Å². The second-order valence-electron chi connectivity index (χ2n) is 10.1. The van der Waals surface area contributed by atoms with Gasteiger partial charge in [0.05, 0.1) is 11.1 Å². The highest BCUT2D eigenvalue weighted by atomic mass is 16.2. The lowest BCUT2D eigenvalue weighted by molar-refractivity contribution is -0.140. The number of pyridine rings is 1. The lowest BCUT2D eigenvalue weighted by Gasteiger charge is -2.55. The van der Waals surface area contributed by atoms with E-state index in [1.54, 1.807) is 12.5 Å². The zero-order valence-corrected chi connectivity index (χ0v) is 17.4. The molecule has 0 unspecified atom stereocenters. The molecule has 5 aliphatic rings. The number of carbonyl (C=O) groups is 1. The molecule has 4 saturated carbocycles. The third-order valence-electron chi connectivity index (χ3n) is 7.97. The molecular formula is C24H29N5O. The van der Waals surface area contributed by atoms with Crippen molar-refractivity contribution in [3.8, 4) is 0 Å². The molecule has 0 radical (unpaired) electrons. The first-order valence-corrected chi connectivity index (χ1v) is 11.4. The van der Waals surface area contributed by atoms with E-state index in [0.717, 1.165) is 80.1 Å². The molecular weight excluding hydrogens is 374 g/mol. The van der Waals surface area contributed by atoms with Gasteiger partial charge in [-0.3, -0.25) is 14.7 Å². The van der Waals surface area contributed by atoms with E-state index in [9.17, 15) is 4.79 Å². The lowest BCUT2D eigenvalue weighted by Crippen LogP contribution is -2.52. The van der Waals surface area contributed by atoms with Crippen molar-refractivity contribution in [2.75, 3.05) is 11.9 Å². The Morgan fingerprint density at radius 3 is 2.60 bits per heavy atom. The fraction of sp³-hybridized carbons (Fsp3) is 0.583. The van der Waals surface area contributed by atoms with E-state index >= 15 is 0 Å². The molecule has 2 aromatic rings. The van der Waals surface area contributed by atoms with Crippen LogP contribution in [0.15, 0.2) is 30.9 Å². The number of carbonyl (C=O) groups excluding carboxylic acids is 1. The highest BCUT2D eigenvalue weighted by Gasteiger charge is 2.54. The first-order chi connectivity index (χ1) is 14.7. The van der Waals surface area contributed by atoms with Crippen molar-refractivity contribution >= 4 is 11.7 Å². The van der Waals surface area contributed by atoms with Crippen LogP contribution in [0.25, 0.3) is 0 Å². The van der Waals surface area contributed by atoms with Gasteiger partial charge in [0.1, 0.15) is 12.1 Å². The van der Waals surface area contributed by atoms with Crippen molar-refractivity contribution in [1.82, 2.24) is 19.9 Å². The predicted molar refractivity (Wildman–Crippen MR) is 113 cm³/mol. The zero-order valence-electron chi connectivity index (χ0n) is 17.4. The van der Waals surface area contributed by atoms with E-state index in [1.165, 1.54) is 24.8 Å². The van der Waals surface area contributed by atoms with Gasteiger partial charge in [0.15, 0.2) is 0 Å². The molecule has 0 saturated heterocycles. The van der Waals surface area contributed by atoms with Crippen LogP contribution >= 0.6 is 0 Å². The maximum absolute atomic E-state index is 13.5. The second kappa shape index (κ2) is 7.12. The van der Waals surface area contributed by atoms with Crippen LogP contribution in [0.5, 0.6) is 0 Å². The minimum atomic E-state index is -0.145. The molecule has 0 spiro atoms. The highest BCUT2D eigenvalue weighted by Crippen LogP contribution is 2.60. The maximum Gasteiger partial charge on any atom is 0.231 e. The van der Waals surface area contributed by atoms with Crippen LogP contribution in [0.3, 0.4) is 0 Å². The van der Waals surface area contributed by atoms with Gasteiger partial charge in [0, 0.05) is 37.6 Å². The number of hydrogen-bond donors (Lipinski definition) is 1. The zero-order chi connectivity index (χ0) is 20.1. The summed E-state index contributed by atoms with van der Waals surface area (Å²) >= 11 is 0. The molecule has 1 aliphatic heterocycles. The second-order valence-corrected chi connectivity index (χ2v) is 10.1. The van der Waals surface area contributed by atoms with Crippen LogP contribution in [0.4, 0.5) is 5.82 Å². The number of nitrogens with zero attached hydrogens (tertiary/aromatic N) is 4. The van der Waals surface area contributed by atoms with Crippen LogP contribution in [0.2, 0.25) is 0 Å². The SMILES string of the molecule is O=C(Nc1ncnc2c1CCN(Cc1cccnc1)C2)C12CC3CC(CC(C3)C1)C2. The maximum atomic E-state index is 13.5. The summed E-state index contributed by atoms with van der Waals surface area (Å²) in [5.41, 5.74) is 3.23. The van der Waals surface area contributed by atoms with Gasteiger partial charge in [-0.15, -0.1) is 0 Å². The molecule has 4 aliphatic carbocycles. The van der Waals surface area contributed by atoms with Gasteiger partial charge in [-0.05, 0) is 74.3 Å². The quantitative estimate of drug-likeness (QED) is 0.845. The van der Waals surface area contributed by atoms with Gasteiger partial charge in [0.2, 0.25) is 5.91 Å². The summed E-state index contributed by atoms with van der Waals surface area (Å²) < 4.78 is 0. The van der Waals surface area contributed by atoms with E-state index in [4.69, 9.17) is 0 Å². The Kier molecular flexibility index (Phi) is 4.37. The number of hydrogen-bond acceptors (Lipinski definition) is 5.